The Morgan fingerprint density at radius 2 is 1.57 bits per heavy atom. The Bertz CT molecular complexity index is 1570. The first-order valence-electron chi connectivity index (χ1n) is 11.4. The average molecular weight is 532 g/mol. The van der Waals surface area contributed by atoms with E-state index in [1.807, 2.05) is 60.7 Å². The van der Waals surface area contributed by atoms with Crippen LogP contribution in [-0.2, 0) is 10.0 Å². The summed E-state index contributed by atoms with van der Waals surface area (Å²) in [5, 5.41) is 0.492. The lowest BCUT2D eigenvalue weighted by Gasteiger charge is -2.26. The zero-order chi connectivity index (χ0) is 25.8. The van der Waals surface area contributed by atoms with Gasteiger partial charge in [0.25, 0.3) is 15.9 Å². The van der Waals surface area contributed by atoms with Crippen LogP contribution in [0.3, 0.4) is 0 Å². The summed E-state index contributed by atoms with van der Waals surface area (Å²) in [5.74, 6) is 0.182. The number of sulfonamides is 1. The molecule has 0 unspecified atom stereocenters. The SMILES string of the molecule is O=C(NNC1=C[C@H](c2ccccc2)Oc2ccccc21)c1cccc(S(=O)(=O)Nc2ccc(Cl)cc2)c1. The molecule has 9 heteroatoms. The van der Waals surface area contributed by atoms with Crippen molar-refractivity contribution in [1.29, 1.82) is 0 Å². The molecule has 0 radical (unpaired) electrons. The Balaban J connectivity index is 1.33. The van der Waals surface area contributed by atoms with Gasteiger partial charge >= 0.3 is 0 Å². The third kappa shape index (κ3) is 5.61. The first-order valence-corrected chi connectivity index (χ1v) is 13.2. The van der Waals surface area contributed by atoms with E-state index >= 15 is 0 Å². The number of hydrogen-bond acceptors (Lipinski definition) is 5. The zero-order valence-electron chi connectivity index (χ0n) is 19.4. The molecule has 0 spiro atoms. The monoisotopic (exact) mass is 531 g/mol. The average Bonchev–Trinajstić information content (AvgIpc) is 2.93. The van der Waals surface area contributed by atoms with Crippen molar-refractivity contribution in [2.45, 2.75) is 11.0 Å². The predicted octanol–water partition coefficient (Wildman–Crippen LogP) is 5.55. The number of hydrogen-bond donors (Lipinski definition) is 3. The summed E-state index contributed by atoms with van der Waals surface area (Å²) in [6, 6.07) is 29.3. The molecule has 0 aromatic heterocycles. The summed E-state index contributed by atoms with van der Waals surface area (Å²) in [7, 11) is -3.92. The van der Waals surface area contributed by atoms with Crippen LogP contribution in [0.25, 0.3) is 5.70 Å². The van der Waals surface area contributed by atoms with E-state index in [2.05, 4.69) is 15.6 Å². The van der Waals surface area contributed by atoms with E-state index in [0.717, 1.165) is 11.1 Å². The van der Waals surface area contributed by atoms with Crippen LogP contribution in [-0.4, -0.2) is 14.3 Å². The van der Waals surface area contributed by atoms with Gasteiger partial charge in [0.2, 0.25) is 0 Å². The molecule has 1 heterocycles. The summed E-state index contributed by atoms with van der Waals surface area (Å²) in [5.41, 5.74) is 8.61. The second kappa shape index (κ2) is 10.4. The van der Waals surface area contributed by atoms with Gasteiger partial charge < -0.3 is 4.74 Å². The van der Waals surface area contributed by atoms with Crippen molar-refractivity contribution in [2.75, 3.05) is 4.72 Å². The maximum Gasteiger partial charge on any atom is 0.269 e. The van der Waals surface area contributed by atoms with E-state index in [-0.39, 0.29) is 16.6 Å². The molecule has 0 bridgehead atoms. The van der Waals surface area contributed by atoms with Crippen molar-refractivity contribution in [3.05, 3.63) is 131 Å². The van der Waals surface area contributed by atoms with E-state index in [4.69, 9.17) is 16.3 Å². The molecule has 1 amide bonds. The molecule has 1 atom stereocenters. The van der Waals surface area contributed by atoms with Crippen molar-refractivity contribution >= 4 is 38.9 Å². The van der Waals surface area contributed by atoms with Gasteiger partial charge in [0, 0.05) is 21.8 Å². The smallest absolute Gasteiger partial charge is 0.269 e. The van der Waals surface area contributed by atoms with Crippen molar-refractivity contribution < 1.29 is 17.9 Å². The van der Waals surface area contributed by atoms with Gasteiger partial charge in [-0.1, -0.05) is 60.1 Å². The van der Waals surface area contributed by atoms with Crippen LogP contribution in [0.1, 0.15) is 27.6 Å². The first kappa shape index (κ1) is 24.4. The van der Waals surface area contributed by atoms with Gasteiger partial charge in [0.15, 0.2) is 0 Å². The highest BCUT2D eigenvalue weighted by molar-refractivity contribution is 7.92. The number of carbonyl (C=O) groups excluding carboxylic acids is 1. The fourth-order valence-corrected chi connectivity index (χ4v) is 5.08. The lowest BCUT2D eigenvalue weighted by molar-refractivity contribution is 0.0941. The molecule has 186 valence electrons. The van der Waals surface area contributed by atoms with Gasteiger partial charge in [0.1, 0.15) is 11.9 Å². The molecule has 4 aromatic carbocycles. The molecule has 0 fully saturated rings. The Morgan fingerprint density at radius 3 is 2.35 bits per heavy atom. The van der Waals surface area contributed by atoms with Crippen molar-refractivity contribution in [1.82, 2.24) is 10.9 Å². The van der Waals surface area contributed by atoms with Crippen LogP contribution in [0, 0.1) is 0 Å². The molecule has 0 saturated carbocycles. The molecule has 3 N–H and O–H groups in total. The van der Waals surface area contributed by atoms with Gasteiger partial charge in [0.05, 0.1) is 10.6 Å². The summed E-state index contributed by atoms with van der Waals surface area (Å²) < 4.78 is 34.3. The van der Waals surface area contributed by atoms with Crippen LogP contribution in [0.15, 0.2) is 114 Å². The fraction of sp³-hybridized carbons (Fsp3) is 0.0357. The minimum Gasteiger partial charge on any atom is -0.481 e. The van der Waals surface area contributed by atoms with E-state index in [9.17, 15) is 13.2 Å². The lowest BCUT2D eigenvalue weighted by atomic mass is 10.0. The van der Waals surface area contributed by atoms with Crippen LogP contribution in [0.2, 0.25) is 5.02 Å². The third-order valence-electron chi connectivity index (χ3n) is 5.69. The molecule has 1 aliphatic rings. The highest BCUT2D eigenvalue weighted by atomic mass is 35.5. The first-order chi connectivity index (χ1) is 17.9. The zero-order valence-corrected chi connectivity index (χ0v) is 21.0. The number of hydrazine groups is 1. The summed E-state index contributed by atoms with van der Waals surface area (Å²) in [6.07, 6.45) is 1.54. The van der Waals surface area contributed by atoms with Gasteiger partial charge in [-0.15, -0.1) is 0 Å². The number of anilines is 1. The van der Waals surface area contributed by atoms with E-state index < -0.39 is 15.9 Å². The molecular weight excluding hydrogens is 510 g/mol. The number of carbonyl (C=O) groups is 1. The van der Waals surface area contributed by atoms with Crippen molar-refractivity contribution in [2.24, 2.45) is 0 Å². The molecule has 5 rings (SSSR count). The number of nitrogens with one attached hydrogen (secondary N) is 3. The van der Waals surface area contributed by atoms with E-state index in [1.54, 1.807) is 24.3 Å². The third-order valence-corrected chi connectivity index (χ3v) is 7.32. The van der Waals surface area contributed by atoms with Crippen LogP contribution >= 0.6 is 11.6 Å². The molecule has 1 aliphatic heterocycles. The van der Waals surface area contributed by atoms with Gasteiger partial charge in [-0.3, -0.25) is 20.4 Å². The number of para-hydroxylation sites is 1. The van der Waals surface area contributed by atoms with Crippen molar-refractivity contribution in [3.8, 4) is 5.75 Å². The molecule has 4 aromatic rings. The maximum atomic E-state index is 13.0. The molecule has 7 nitrogen and oxygen atoms in total. The fourth-order valence-electron chi connectivity index (χ4n) is 3.85. The highest BCUT2D eigenvalue weighted by Gasteiger charge is 2.22. The van der Waals surface area contributed by atoms with Crippen molar-refractivity contribution in [3.63, 3.8) is 0 Å². The quantitative estimate of drug-likeness (QED) is 0.272. The second-order valence-corrected chi connectivity index (χ2v) is 10.4. The minimum absolute atomic E-state index is 0.0464. The largest absolute Gasteiger partial charge is 0.481 e. The number of benzene rings is 4. The standard InChI is InChI=1S/C28H22ClN3O4S/c29-21-13-15-22(16-14-21)32-37(34,35)23-10-6-9-20(17-23)28(33)31-30-25-18-27(19-7-2-1-3-8-19)36-26-12-5-4-11-24(25)26/h1-18,27,30,32H,(H,31,33)/t27-/m1/s1. The number of amides is 1. The van der Waals surface area contributed by atoms with E-state index in [1.165, 1.54) is 24.3 Å². The van der Waals surface area contributed by atoms with E-state index in [0.29, 0.717) is 22.2 Å². The van der Waals surface area contributed by atoms with Gasteiger partial charge in [-0.25, -0.2) is 8.42 Å². The Morgan fingerprint density at radius 1 is 0.838 bits per heavy atom. The number of ether oxygens (including phenoxy) is 1. The Kier molecular flexibility index (Phi) is 6.85. The summed E-state index contributed by atoms with van der Waals surface area (Å²) >= 11 is 5.87. The molecule has 0 saturated heterocycles. The Hall–Kier alpha value is -4.27. The van der Waals surface area contributed by atoms with Crippen LogP contribution in [0.5, 0.6) is 5.75 Å². The van der Waals surface area contributed by atoms with Gasteiger partial charge in [-0.2, -0.15) is 0 Å². The van der Waals surface area contributed by atoms with Crippen LogP contribution in [0.4, 0.5) is 5.69 Å². The summed E-state index contributed by atoms with van der Waals surface area (Å²) in [6.45, 7) is 0. The lowest BCUT2D eigenvalue weighted by Crippen LogP contribution is -2.37. The Labute approximate surface area is 219 Å². The van der Waals surface area contributed by atoms with Crippen LogP contribution < -0.4 is 20.3 Å². The molecule has 0 aliphatic carbocycles. The molecular formula is C28H22ClN3O4S. The number of rotatable bonds is 7. The topological polar surface area (TPSA) is 96.5 Å². The number of halogens is 1. The maximum absolute atomic E-state index is 13.0. The summed E-state index contributed by atoms with van der Waals surface area (Å²) in [4.78, 5) is 12.9. The second-order valence-electron chi connectivity index (χ2n) is 8.24. The highest BCUT2D eigenvalue weighted by Crippen LogP contribution is 2.35. The normalized spacial score (nSPS) is 14.5. The van der Waals surface area contributed by atoms with Gasteiger partial charge in [-0.05, 0) is 66.2 Å². The number of fused-ring (bicyclic) bond motifs is 1. The minimum atomic E-state index is -3.92. The molecule has 37 heavy (non-hydrogen) atoms. The predicted molar refractivity (Wildman–Crippen MR) is 144 cm³/mol.